The molecule has 2 rings (SSSR count). The van der Waals surface area contributed by atoms with Crippen molar-refractivity contribution in [2.75, 3.05) is 7.11 Å². The number of hydrogen-bond donors (Lipinski definition) is 1. The highest BCUT2D eigenvalue weighted by molar-refractivity contribution is 9.10. The first kappa shape index (κ1) is 15.3. The highest BCUT2D eigenvalue weighted by Crippen LogP contribution is 2.32. The second-order valence-electron chi connectivity index (χ2n) is 4.24. The summed E-state index contributed by atoms with van der Waals surface area (Å²) < 4.78 is 11.5. The molecule has 0 fully saturated rings. The zero-order chi connectivity index (χ0) is 15.4. The van der Waals surface area contributed by atoms with Crippen LogP contribution in [0.15, 0.2) is 34.8 Å². The molecule has 0 saturated heterocycles. The van der Waals surface area contributed by atoms with E-state index >= 15 is 0 Å². The number of pyridine rings is 1. The number of rotatable bonds is 5. The number of nitrogens with zero attached hydrogens (tertiary/aromatic N) is 1. The average Bonchev–Trinajstić information content (AvgIpc) is 2.48. The third-order valence-corrected chi connectivity index (χ3v) is 3.44. The number of aromatic carboxylic acids is 1. The van der Waals surface area contributed by atoms with Crippen molar-refractivity contribution in [1.82, 2.24) is 4.98 Å². The summed E-state index contributed by atoms with van der Waals surface area (Å²) in [5.41, 5.74) is 0.816. The quantitative estimate of drug-likeness (QED) is 0.884. The van der Waals surface area contributed by atoms with Crippen LogP contribution in [0.3, 0.4) is 0 Å². The minimum absolute atomic E-state index is 0.154. The van der Waals surface area contributed by atoms with Crippen LogP contribution in [0, 0.1) is 0 Å². The summed E-state index contributed by atoms with van der Waals surface area (Å²) in [5, 5.41) is 9.11. The smallest absolute Gasteiger partial charge is 0.335 e. The Balaban J connectivity index is 2.34. The molecule has 1 N–H and O–H groups in total. The van der Waals surface area contributed by atoms with E-state index in [1.54, 1.807) is 25.3 Å². The maximum absolute atomic E-state index is 11.1. The van der Waals surface area contributed by atoms with Gasteiger partial charge in [-0.2, -0.15) is 0 Å². The van der Waals surface area contributed by atoms with Crippen LogP contribution in [0.5, 0.6) is 17.4 Å². The number of aryl methyl sites for hydroxylation is 1. The normalized spacial score (nSPS) is 10.2. The Kier molecular flexibility index (Phi) is 4.80. The standard InChI is InChI=1S/C15H14BrNO4/c1-3-10-6-9(15(18)19)7-14(17-10)21-13-5-4-11(20-2)8-12(13)16/h4-8H,3H2,1-2H3,(H,18,19). The second-order valence-corrected chi connectivity index (χ2v) is 5.10. The van der Waals surface area contributed by atoms with Crippen molar-refractivity contribution in [3.05, 3.63) is 46.1 Å². The lowest BCUT2D eigenvalue weighted by molar-refractivity contribution is 0.0696. The summed E-state index contributed by atoms with van der Waals surface area (Å²) in [6, 6.07) is 8.18. The monoisotopic (exact) mass is 351 g/mol. The molecule has 0 amide bonds. The van der Waals surface area contributed by atoms with Crippen molar-refractivity contribution in [3.8, 4) is 17.4 Å². The van der Waals surface area contributed by atoms with Gasteiger partial charge in [0.15, 0.2) is 0 Å². The summed E-state index contributed by atoms with van der Waals surface area (Å²) >= 11 is 3.38. The molecule has 0 atom stereocenters. The maximum Gasteiger partial charge on any atom is 0.335 e. The predicted octanol–water partition coefficient (Wildman–Crippen LogP) is 3.91. The van der Waals surface area contributed by atoms with Gasteiger partial charge in [0.1, 0.15) is 11.5 Å². The van der Waals surface area contributed by atoms with E-state index in [4.69, 9.17) is 14.6 Å². The van der Waals surface area contributed by atoms with Gasteiger partial charge in [-0.1, -0.05) is 6.92 Å². The average molecular weight is 352 g/mol. The molecule has 5 nitrogen and oxygen atoms in total. The number of carbonyl (C=O) groups is 1. The van der Waals surface area contributed by atoms with Gasteiger partial charge in [-0.25, -0.2) is 9.78 Å². The van der Waals surface area contributed by atoms with Crippen molar-refractivity contribution in [2.24, 2.45) is 0 Å². The van der Waals surface area contributed by atoms with Gasteiger partial charge in [-0.05, 0) is 46.6 Å². The van der Waals surface area contributed by atoms with Crippen molar-refractivity contribution in [3.63, 3.8) is 0 Å². The minimum atomic E-state index is -1.01. The van der Waals surface area contributed by atoms with Crippen LogP contribution in [0.2, 0.25) is 0 Å². The molecular weight excluding hydrogens is 338 g/mol. The van der Waals surface area contributed by atoms with Crippen molar-refractivity contribution in [1.29, 1.82) is 0 Å². The predicted molar refractivity (Wildman–Crippen MR) is 81.3 cm³/mol. The molecule has 0 spiro atoms. The fraction of sp³-hybridized carbons (Fsp3) is 0.200. The maximum atomic E-state index is 11.1. The highest BCUT2D eigenvalue weighted by atomic mass is 79.9. The molecule has 1 aromatic heterocycles. The minimum Gasteiger partial charge on any atom is -0.497 e. The number of aromatic nitrogens is 1. The Morgan fingerprint density at radius 3 is 2.67 bits per heavy atom. The molecule has 1 aromatic carbocycles. The van der Waals surface area contributed by atoms with Crippen LogP contribution < -0.4 is 9.47 Å². The van der Waals surface area contributed by atoms with E-state index in [2.05, 4.69) is 20.9 Å². The molecule has 0 saturated carbocycles. The number of carboxylic acids is 1. The number of methoxy groups -OCH3 is 1. The molecule has 0 radical (unpaired) electrons. The van der Waals surface area contributed by atoms with E-state index in [-0.39, 0.29) is 11.4 Å². The van der Waals surface area contributed by atoms with Gasteiger partial charge in [-0.15, -0.1) is 0 Å². The summed E-state index contributed by atoms with van der Waals surface area (Å²) in [6.07, 6.45) is 0.626. The molecule has 0 unspecified atom stereocenters. The Bertz CT molecular complexity index is 673. The number of benzene rings is 1. The molecule has 110 valence electrons. The fourth-order valence-corrected chi connectivity index (χ4v) is 2.16. The van der Waals surface area contributed by atoms with Crippen molar-refractivity contribution >= 4 is 21.9 Å². The third-order valence-electron chi connectivity index (χ3n) is 2.82. The first-order valence-electron chi connectivity index (χ1n) is 6.29. The number of ether oxygens (including phenoxy) is 2. The Labute approximate surface area is 130 Å². The topological polar surface area (TPSA) is 68.7 Å². The summed E-state index contributed by atoms with van der Waals surface area (Å²) in [7, 11) is 1.58. The largest absolute Gasteiger partial charge is 0.497 e. The van der Waals surface area contributed by atoms with E-state index in [1.807, 2.05) is 6.92 Å². The summed E-state index contributed by atoms with van der Waals surface area (Å²) in [5.74, 6) is 0.465. The van der Waals surface area contributed by atoms with Gasteiger partial charge in [0.2, 0.25) is 5.88 Å². The van der Waals surface area contributed by atoms with Crippen molar-refractivity contribution in [2.45, 2.75) is 13.3 Å². The molecular formula is C15H14BrNO4. The van der Waals surface area contributed by atoms with Gasteiger partial charge in [0, 0.05) is 11.8 Å². The zero-order valence-electron chi connectivity index (χ0n) is 11.6. The van der Waals surface area contributed by atoms with Crippen LogP contribution in [0.1, 0.15) is 23.0 Å². The fourth-order valence-electron chi connectivity index (χ4n) is 1.72. The Morgan fingerprint density at radius 2 is 2.10 bits per heavy atom. The SMILES string of the molecule is CCc1cc(C(=O)O)cc(Oc2ccc(OC)cc2Br)n1. The third kappa shape index (κ3) is 3.72. The van der Waals surface area contributed by atoms with Gasteiger partial charge < -0.3 is 14.6 Å². The number of hydrogen-bond acceptors (Lipinski definition) is 4. The first-order chi connectivity index (χ1) is 10.0. The van der Waals surface area contributed by atoms with E-state index in [9.17, 15) is 4.79 Å². The highest BCUT2D eigenvalue weighted by Gasteiger charge is 2.11. The van der Waals surface area contributed by atoms with E-state index < -0.39 is 5.97 Å². The first-order valence-corrected chi connectivity index (χ1v) is 7.08. The summed E-state index contributed by atoms with van der Waals surface area (Å²) in [4.78, 5) is 15.4. The Hall–Kier alpha value is -2.08. The van der Waals surface area contributed by atoms with E-state index in [1.165, 1.54) is 12.1 Å². The lowest BCUT2D eigenvalue weighted by Crippen LogP contribution is -2.01. The molecule has 21 heavy (non-hydrogen) atoms. The molecule has 0 aliphatic rings. The van der Waals surface area contributed by atoms with E-state index in [0.717, 1.165) is 0 Å². The van der Waals surface area contributed by atoms with Gasteiger partial charge in [0.25, 0.3) is 0 Å². The molecule has 0 aliphatic carbocycles. The zero-order valence-corrected chi connectivity index (χ0v) is 13.2. The van der Waals surface area contributed by atoms with Crippen molar-refractivity contribution < 1.29 is 19.4 Å². The molecule has 0 bridgehead atoms. The molecule has 2 aromatic rings. The number of halogens is 1. The lowest BCUT2D eigenvalue weighted by Gasteiger charge is -2.10. The lowest BCUT2D eigenvalue weighted by atomic mass is 10.2. The van der Waals surface area contributed by atoms with Gasteiger partial charge in [-0.3, -0.25) is 0 Å². The van der Waals surface area contributed by atoms with Crippen LogP contribution in [-0.4, -0.2) is 23.2 Å². The van der Waals surface area contributed by atoms with Crippen LogP contribution in [-0.2, 0) is 6.42 Å². The molecule has 6 heteroatoms. The second kappa shape index (κ2) is 6.58. The summed E-state index contributed by atoms with van der Waals surface area (Å²) in [6.45, 7) is 1.90. The van der Waals surface area contributed by atoms with E-state index in [0.29, 0.717) is 28.1 Å². The van der Waals surface area contributed by atoms with Gasteiger partial charge >= 0.3 is 5.97 Å². The van der Waals surface area contributed by atoms with Crippen LogP contribution in [0.25, 0.3) is 0 Å². The molecule has 0 aliphatic heterocycles. The van der Waals surface area contributed by atoms with Crippen LogP contribution in [0.4, 0.5) is 0 Å². The number of carboxylic acid groups (broad SMARTS) is 1. The molecule has 1 heterocycles. The van der Waals surface area contributed by atoms with Gasteiger partial charge in [0.05, 0.1) is 17.1 Å². The van der Waals surface area contributed by atoms with Crippen LogP contribution >= 0.6 is 15.9 Å². The Morgan fingerprint density at radius 1 is 1.33 bits per heavy atom.